The lowest BCUT2D eigenvalue weighted by molar-refractivity contribution is -0.125. The Labute approximate surface area is 130 Å². The highest BCUT2D eigenvalue weighted by Crippen LogP contribution is 2.20. The number of hydrogen-bond acceptors (Lipinski definition) is 3. The molecule has 1 atom stereocenters. The molecule has 0 aliphatic carbocycles. The molecule has 1 unspecified atom stereocenters. The summed E-state index contributed by atoms with van der Waals surface area (Å²) in [6, 6.07) is 5.76. The van der Waals surface area contributed by atoms with Crippen LogP contribution in [0.3, 0.4) is 0 Å². The molecule has 1 amide bonds. The number of piperidine rings is 1. The van der Waals surface area contributed by atoms with E-state index in [-0.39, 0.29) is 18.3 Å². The monoisotopic (exact) mass is 328 g/mol. The second-order valence-corrected chi connectivity index (χ2v) is 7.45. The van der Waals surface area contributed by atoms with Gasteiger partial charge in [0.2, 0.25) is 15.9 Å². The summed E-state index contributed by atoms with van der Waals surface area (Å²) in [7, 11) is -3.39. The zero-order valence-corrected chi connectivity index (χ0v) is 13.4. The van der Waals surface area contributed by atoms with Crippen LogP contribution in [0.2, 0.25) is 0 Å². The topological polar surface area (TPSA) is 66.5 Å². The molecule has 1 N–H and O–H groups in total. The summed E-state index contributed by atoms with van der Waals surface area (Å²) < 4.78 is 38.2. The molecule has 22 heavy (non-hydrogen) atoms. The molecule has 1 aliphatic heterocycles. The Balaban J connectivity index is 1.92. The van der Waals surface area contributed by atoms with Gasteiger partial charge in [-0.2, -0.15) is 4.31 Å². The number of amides is 1. The van der Waals surface area contributed by atoms with E-state index >= 15 is 0 Å². The van der Waals surface area contributed by atoms with Gasteiger partial charge in [0.25, 0.3) is 0 Å². The van der Waals surface area contributed by atoms with E-state index in [0.29, 0.717) is 24.9 Å². The third kappa shape index (κ3) is 4.27. The zero-order valence-electron chi connectivity index (χ0n) is 12.6. The fraction of sp³-hybridized carbons (Fsp3) is 0.533. The van der Waals surface area contributed by atoms with Gasteiger partial charge in [0.1, 0.15) is 11.9 Å². The summed E-state index contributed by atoms with van der Waals surface area (Å²) >= 11 is 0. The van der Waals surface area contributed by atoms with Crippen LogP contribution in [-0.2, 0) is 21.2 Å². The number of sulfonamides is 1. The number of rotatable bonds is 5. The van der Waals surface area contributed by atoms with Crippen molar-refractivity contribution in [1.82, 2.24) is 9.62 Å². The Morgan fingerprint density at radius 2 is 2.09 bits per heavy atom. The van der Waals surface area contributed by atoms with Crippen molar-refractivity contribution >= 4 is 15.9 Å². The van der Waals surface area contributed by atoms with Crippen molar-refractivity contribution in [2.24, 2.45) is 0 Å². The Bertz CT molecular complexity index is 633. The maximum atomic E-state index is 13.5. The van der Waals surface area contributed by atoms with Gasteiger partial charge in [-0.1, -0.05) is 24.6 Å². The molecule has 5 nitrogen and oxygen atoms in total. The van der Waals surface area contributed by atoms with Gasteiger partial charge in [-0.05, 0) is 30.9 Å². The molecule has 0 bridgehead atoms. The number of halogens is 1. The van der Waals surface area contributed by atoms with E-state index in [1.807, 2.05) is 0 Å². The van der Waals surface area contributed by atoms with Crippen molar-refractivity contribution < 1.29 is 17.6 Å². The minimum Gasteiger partial charge on any atom is -0.354 e. The maximum Gasteiger partial charge on any atom is 0.238 e. The zero-order chi connectivity index (χ0) is 16.2. The van der Waals surface area contributed by atoms with Crippen LogP contribution in [0, 0.1) is 5.82 Å². The second kappa shape index (κ2) is 7.19. The third-order valence-corrected chi connectivity index (χ3v) is 5.12. The van der Waals surface area contributed by atoms with Crippen molar-refractivity contribution in [1.29, 1.82) is 0 Å². The molecule has 1 fully saturated rings. The third-order valence-electron chi connectivity index (χ3n) is 3.83. The first-order valence-electron chi connectivity index (χ1n) is 7.37. The number of nitrogens with zero attached hydrogens (tertiary/aromatic N) is 1. The fourth-order valence-corrected chi connectivity index (χ4v) is 3.83. The highest BCUT2D eigenvalue weighted by atomic mass is 32.2. The Morgan fingerprint density at radius 1 is 1.36 bits per heavy atom. The van der Waals surface area contributed by atoms with E-state index < -0.39 is 16.1 Å². The number of carbonyl (C=O) groups excluding carboxylic acids is 1. The highest BCUT2D eigenvalue weighted by molar-refractivity contribution is 7.88. The Hall–Kier alpha value is -1.47. The molecular weight excluding hydrogens is 307 g/mol. The van der Waals surface area contributed by atoms with Crippen LogP contribution < -0.4 is 5.32 Å². The maximum absolute atomic E-state index is 13.5. The lowest BCUT2D eigenvalue weighted by Crippen LogP contribution is -2.51. The smallest absolute Gasteiger partial charge is 0.238 e. The molecule has 122 valence electrons. The number of hydrogen-bond donors (Lipinski definition) is 1. The van der Waals surface area contributed by atoms with E-state index in [1.54, 1.807) is 18.2 Å². The number of benzene rings is 1. The first-order valence-corrected chi connectivity index (χ1v) is 9.22. The van der Waals surface area contributed by atoms with Crippen molar-refractivity contribution in [2.45, 2.75) is 31.7 Å². The lowest BCUT2D eigenvalue weighted by Gasteiger charge is -2.32. The van der Waals surface area contributed by atoms with Crippen molar-refractivity contribution in [3.63, 3.8) is 0 Å². The molecule has 0 spiro atoms. The molecule has 1 saturated heterocycles. The van der Waals surface area contributed by atoms with Crippen molar-refractivity contribution in [2.75, 3.05) is 19.3 Å². The molecule has 1 aliphatic rings. The van der Waals surface area contributed by atoms with E-state index in [1.165, 1.54) is 10.4 Å². The van der Waals surface area contributed by atoms with E-state index in [4.69, 9.17) is 0 Å². The number of nitrogens with one attached hydrogen (secondary N) is 1. The van der Waals surface area contributed by atoms with E-state index in [0.717, 1.165) is 19.1 Å². The van der Waals surface area contributed by atoms with Gasteiger partial charge >= 0.3 is 0 Å². The van der Waals surface area contributed by atoms with Crippen molar-refractivity contribution in [3.8, 4) is 0 Å². The summed E-state index contributed by atoms with van der Waals surface area (Å²) in [6.45, 7) is 0.665. The average molecular weight is 328 g/mol. The van der Waals surface area contributed by atoms with Crippen LogP contribution in [0.5, 0.6) is 0 Å². The van der Waals surface area contributed by atoms with Gasteiger partial charge in [0.05, 0.1) is 6.26 Å². The summed E-state index contributed by atoms with van der Waals surface area (Å²) in [5.41, 5.74) is 0.534. The van der Waals surface area contributed by atoms with Gasteiger partial charge in [-0.15, -0.1) is 0 Å². The van der Waals surface area contributed by atoms with Gasteiger partial charge < -0.3 is 5.32 Å². The molecule has 2 rings (SSSR count). The average Bonchev–Trinajstić information content (AvgIpc) is 2.48. The summed E-state index contributed by atoms with van der Waals surface area (Å²) in [5, 5.41) is 2.72. The molecule has 1 aromatic rings. The molecular formula is C15H21FN2O3S. The molecule has 7 heteroatoms. The van der Waals surface area contributed by atoms with Crippen LogP contribution >= 0.6 is 0 Å². The van der Waals surface area contributed by atoms with Gasteiger partial charge in [0.15, 0.2) is 0 Å². The predicted octanol–water partition coefficient (Wildman–Crippen LogP) is 1.30. The SMILES string of the molecule is CS(=O)(=O)N1CCCCC1C(=O)NCCc1ccccc1F. The largest absolute Gasteiger partial charge is 0.354 e. The van der Waals surface area contributed by atoms with Crippen LogP contribution in [0.1, 0.15) is 24.8 Å². The second-order valence-electron chi connectivity index (χ2n) is 5.52. The fourth-order valence-electron chi connectivity index (χ4n) is 2.70. The summed E-state index contributed by atoms with van der Waals surface area (Å²) in [4.78, 5) is 12.2. The van der Waals surface area contributed by atoms with Gasteiger partial charge in [0, 0.05) is 13.1 Å². The summed E-state index contributed by atoms with van der Waals surface area (Å²) in [5.74, 6) is -0.603. The van der Waals surface area contributed by atoms with Crippen molar-refractivity contribution in [3.05, 3.63) is 35.6 Å². The van der Waals surface area contributed by atoms with Gasteiger partial charge in [-0.3, -0.25) is 4.79 Å². The predicted molar refractivity (Wildman–Crippen MR) is 82.3 cm³/mol. The normalized spacial score (nSPS) is 19.8. The number of carbonyl (C=O) groups is 1. The molecule has 0 saturated carbocycles. The Kier molecular flexibility index (Phi) is 5.52. The Morgan fingerprint density at radius 3 is 2.77 bits per heavy atom. The highest BCUT2D eigenvalue weighted by Gasteiger charge is 2.34. The molecule has 1 aromatic carbocycles. The quantitative estimate of drug-likeness (QED) is 0.886. The van der Waals surface area contributed by atoms with E-state index in [9.17, 15) is 17.6 Å². The van der Waals surface area contributed by atoms with Crippen LogP contribution in [0.25, 0.3) is 0 Å². The minimum atomic E-state index is -3.39. The molecule has 0 aromatic heterocycles. The van der Waals surface area contributed by atoms with Crippen LogP contribution in [0.4, 0.5) is 4.39 Å². The minimum absolute atomic E-state index is 0.286. The first kappa shape index (κ1) is 16.9. The lowest BCUT2D eigenvalue weighted by atomic mass is 10.0. The van der Waals surface area contributed by atoms with Crippen LogP contribution in [0.15, 0.2) is 24.3 Å². The molecule has 0 radical (unpaired) electrons. The molecule has 1 heterocycles. The first-order chi connectivity index (χ1) is 10.4. The van der Waals surface area contributed by atoms with E-state index in [2.05, 4.69) is 5.32 Å². The van der Waals surface area contributed by atoms with Crippen LogP contribution in [-0.4, -0.2) is 44.0 Å². The summed E-state index contributed by atoms with van der Waals surface area (Å²) in [6.07, 6.45) is 3.63. The standard InChI is InChI=1S/C15H21FN2O3S/c1-22(20,21)18-11-5-4-8-14(18)15(19)17-10-9-12-6-2-3-7-13(12)16/h2-3,6-7,14H,4-5,8-11H2,1H3,(H,17,19). The van der Waals surface area contributed by atoms with Gasteiger partial charge in [-0.25, -0.2) is 12.8 Å².